The van der Waals surface area contributed by atoms with Gasteiger partial charge < -0.3 is 5.11 Å². The second-order valence-corrected chi connectivity index (χ2v) is 6.99. The Hall–Kier alpha value is -2.38. The van der Waals surface area contributed by atoms with E-state index in [1.165, 1.54) is 21.3 Å². The molecule has 3 heterocycles. The van der Waals surface area contributed by atoms with Gasteiger partial charge in [-0.05, 0) is 29.5 Å². The van der Waals surface area contributed by atoms with E-state index in [2.05, 4.69) is 0 Å². The Balaban J connectivity index is 1.67. The molecule has 0 aliphatic carbocycles. The van der Waals surface area contributed by atoms with Gasteiger partial charge in [0, 0.05) is 4.88 Å². The molecule has 2 aliphatic heterocycles. The number of rotatable bonds is 4. The number of thiophene rings is 1. The molecule has 1 aromatic carbocycles. The highest BCUT2D eigenvalue weighted by molar-refractivity contribution is 7.10. The molecule has 2 amide bonds. The zero-order valence-corrected chi connectivity index (χ0v) is 13.8. The van der Waals surface area contributed by atoms with Crippen molar-refractivity contribution < 1.29 is 19.5 Å². The lowest BCUT2D eigenvalue weighted by Gasteiger charge is -2.36. The van der Waals surface area contributed by atoms with Gasteiger partial charge in [0.15, 0.2) is 5.54 Å². The van der Waals surface area contributed by atoms with E-state index in [-0.39, 0.29) is 12.6 Å². The second kappa shape index (κ2) is 5.32. The van der Waals surface area contributed by atoms with Crippen LogP contribution in [0.3, 0.4) is 0 Å². The maximum absolute atomic E-state index is 12.8. The van der Waals surface area contributed by atoms with Crippen molar-refractivity contribution in [3.63, 3.8) is 0 Å². The molecule has 1 unspecified atom stereocenters. The minimum atomic E-state index is -1.35. The average molecular weight is 344 g/mol. The topological polar surface area (TPSA) is 70.1 Å². The predicted molar refractivity (Wildman–Crippen MR) is 87.2 cm³/mol. The number of hydrogen-bond donors (Lipinski definition) is 1. The van der Waals surface area contributed by atoms with Crippen LogP contribution in [0.4, 0.5) is 4.79 Å². The molecule has 1 N–H and O–H groups in total. The zero-order chi connectivity index (χ0) is 16.9. The van der Waals surface area contributed by atoms with Crippen molar-refractivity contribution in [2.45, 2.75) is 25.1 Å². The van der Waals surface area contributed by atoms with Gasteiger partial charge in [-0.1, -0.05) is 30.3 Å². The molecule has 2 atom stereocenters. The molecule has 1 aromatic heterocycles. The van der Waals surface area contributed by atoms with Gasteiger partial charge in [-0.3, -0.25) is 9.74 Å². The van der Waals surface area contributed by atoms with Crippen LogP contribution >= 0.6 is 11.3 Å². The number of nitrogens with zero attached hydrogens (tertiary/aromatic N) is 2. The van der Waals surface area contributed by atoms with E-state index < -0.39 is 17.5 Å². The Labute approximate surface area is 142 Å². The number of fused-ring (bicyclic) bond motifs is 4. The van der Waals surface area contributed by atoms with Crippen LogP contribution in [0.1, 0.15) is 29.0 Å². The van der Waals surface area contributed by atoms with Crippen molar-refractivity contribution in [2.75, 3.05) is 6.54 Å². The third-order valence-electron chi connectivity index (χ3n) is 4.72. The molecule has 0 radical (unpaired) electrons. The van der Waals surface area contributed by atoms with Crippen LogP contribution in [0.2, 0.25) is 0 Å². The maximum atomic E-state index is 12.8. The first-order chi connectivity index (χ1) is 11.5. The van der Waals surface area contributed by atoms with Crippen molar-refractivity contribution in [1.82, 2.24) is 9.96 Å². The molecule has 0 spiro atoms. The van der Waals surface area contributed by atoms with Gasteiger partial charge in [0.2, 0.25) is 0 Å². The van der Waals surface area contributed by atoms with E-state index in [0.717, 1.165) is 11.1 Å². The Morgan fingerprint density at radius 2 is 2.12 bits per heavy atom. The summed E-state index contributed by atoms with van der Waals surface area (Å²) in [5, 5.41) is 12.9. The lowest BCUT2D eigenvalue weighted by atomic mass is 9.89. The van der Waals surface area contributed by atoms with Gasteiger partial charge in [-0.2, -0.15) is 5.06 Å². The van der Waals surface area contributed by atoms with Crippen molar-refractivity contribution in [1.29, 1.82) is 0 Å². The summed E-state index contributed by atoms with van der Waals surface area (Å²) >= 11 is 1.37. The summed E-state index contributed by atoms with van der Waals surface area (Å²) in [5.74, 6) is -1.03. The van der Waals surface area contributed by atoms with Gasteiger partial charge in [-0.25, -0.2) is 9.59 Å². The molecule has 6 nitrogen and oxygen atoms in total. The number of carboxylic acid groups (broad SMARTS) is 1. The highest BCUT2D eigenvalue weighted by atomic mass is 32.1. The summed E-state index contributed by atoms with van der Waals surface area (Å²) in [6.45, 7) is 2.17. The quantitative estimate of drug-likeness (QED) is 0.926. The normalized spacial score (nSPS) is 25.0. The van der Waals surface area contributed by atoms with E-state index in [1.54, 1.807) is 6.92 Å². The van der Waals surface area contributed by atoms with Gasteiger partial charge in [0.05, 0.1) is 6.54 Å². The third kappa shape index (κ3) is 1.98. The number of carbonyl (C=O) groups excluding carboxylic acids is 1. The number of urea groups is 1. The van der Waals surface area contributed by atoms with Crippen LogP contribution in [0, 0.1) is 0 Å². The van der Waals surface area contributed by atoms with Gasteiger partial charge in [0.1, 0.15) is 12.6 Å². The van der Waals surface area contributed by atoms with E-state index in [1.807, 2.05) is 41.8 Å². The van der Waals surface area contributed by atoms with E-state index >= 15 is 0 Å². The largest absolute Gasteiger partial charge is 0.479 e. The average Bonchev–Trinajstić information content (AvgIpc) is 3.17. The highest BCUT2D eigenvalue weighted by Gasteiger charge is 2.58. The lowest BCUT2D eigenvalue weighted by molar-refractivity contribution is -0.149. The first-order valence-electron chi connectivity index (χ1n) is 7.62. The number of benzene rings is 1. The Kier molecular flexibility index (Phi) is 3.36. The molecule has 2 bridgehead atoms. The van der Waals surface area contributed by atoms with E-state index in [0.29, 0.717) is 11.4 Å². The first-order valence-corrected chi connectivity index (χ1v) is 8.50. The third-order valence-corrected chi connectivity index (χ3v) is 5.87. The number of hydroxylamine groups is 2. The predicted octanol–water partition coefficient (Wildman–Crippen LogP) is 2.97. The molecule has 1 fully saturated rings. The fourth-order valence-electron chi connectivity index (χ4n) is 3.35. The van der Waals surface area contributed by atoms with Gasteiger partial charge in [0.25, 0.3) is 0 Å². The van der Waals surface area contributed by atoms with Gasteiger partial charge >= 0.3 is 12.0 Å². The number of carboxylic acids is 1. The van der Waals surface area contributed by atoms with Crippen LogP contribution in [0.15, 0.2) is 41.8 Å². The minimum Gasteiger partial charge on any atom is -0.479 e. The van der Waals surface area contributed by atoms with Crippen LogP contribution in [-0.2, 0) is 21.8 Å². The van der Waals surface area contributed by atoms with Crippen LogP contribution < -0.4 is 0 Å². The van der Waals surface area contributed by atoms with Crippen molar-refractivity contribution >= 4 is 23.3 Å². The summed E-state index contributed by atoms with van der Waals surface area (Å²) in [7, 11) is 0. The number of amides is 2. The molecule has 4 rings (SSSR count). The smallest absolute Gasteiger partial charge is 0.345 e. The summed E-state index contributed by atoms with van der Waals surface area (Å²) in [6.07, 6.45) is 0. The number of aliphatic carboxylic acids is 1. The van der Waals surface area contributed by atoms with Crippen molar-refractivity contribution in [3.05, 3.63) is 57.8 Å². The molecule has 24 heavy (non-hydrogen) atoms. The summed E-state index contributed by atoms with van der Waals surface area (Å²) in [4.78, 5) is 32.5. The zero-order valence-electron chi connectivity index (χ0n) is 13.0. The Morgan fingerprint density at radius 3 is 2.83 bits per heavy atom. The van der Waals surface area contributed by atoms with Gasteiger partial charge in [-0.15, -0.1) is 11.3 Å². The molecule has 2 aromatic rings. The molecular formula is C17H16N2O4S. The fourth-order valence-corrected chi connectivity index (χ4v) is 4.47. The summed E-state index contributed by atoms with van der Waals surface area (Å²) in [5.41, 5.74) is 0.468. The number of carbonyl (C=O) groups is 2. The van der Waals surface area contributed by atoms with Crippen LogP contribution in [0.5, 0.6) is 0 Å². The van der Waals surface area contributed by atoms with Crippen LogP contribution in [0.25, 0.3) is 0 Å². The second-order valence-electron chi connectivity index (χ2n) is 6.08. The fraction of sp³-hybridized carbons (Fsp3) is 0.294. The molecule has 2 aliphatic rings. The summed E-state index contributed by atoms with van der Waals surface area (Å²) in [6, 6.07) is 10.8. The Bertz CT molecular complexity index is 806. The maximum Gasteiger partial charge on any atom is 0.345 e. The van der Waals surface area contributed by atoms with Crippen LogP contribution in [-0.4, -0.2) is 33.6 Å². The molecule has 0 saturated carbocycles. The molecule has 1 saturated heterocycles. The SMILES string of the molecule is CC1(C(=O)O)c2sccc2[C@@H]2CN1C(=O)N2OCc1ccccc1. The summed E-state index contributed by atoms with van der Waals surface area (Å²) < 4.78 is 0. The first kappa shape index (κ1) is 15.2. The molecular weight excluding hydrogens is 328 g/mol. The molecule has 7 heteroatoms. The van der Waals surface area contributed by atoms with E-state index in [4.69, 9.17) is 4.84 Å². The van der Waals surface area contributed by atoms with E-state index in [9.17, 15) is 14.7 Å². The molecule has 124 valence electrons. The Morgan fingerprint density at radius 1 is 1.38 bits per heavy atom. The number of hydrogen-bond acceptors (Lipinski definition) is 4. The minimum absolute atomic E-state index is 0.264. The monoisotopic (exact) mass is 344 g/mol. The standard InChI is InChI=1S/C17H16N2O4S/c1-17(15(20)21)14-12(7-8-24-14)13-9-18(17)16(22)19(13)23-10-11-5-3-2-4-6-11/h2-8,13H,9-10H2,1H3,(H,20,21)/t13-,17?/m0/s1. The van der Waals surface area contributed by atoms with Crippen molar-refractivity contribution in [2.24, 2.45) is 0 Å². The highest BCUT2D eigenvalue weighted by Crippen LogP contribution is 2.49. The van der Waals surface area contributed by atoms with Crippen molar-refractivity contribution in [3.8, 4) is 0 Å². The lowest BCUT2D eigenvalue weighted by Crippen LogP contribution is -2.52.